The second kappa shape index (κ2) is 8.96. The second-order valence-corrected chi connectivity index (χ2v) is 8.42. The van der Waals surface area contributed by atoms with Crippen LogP contribution in [-0.2, 0) is 0 Å². The minimum atomic E-state index is -0.0394. The zero-order valence-corrected chi connectivity index (χ0v) is 16.3. The minimum absolute atomic E-state index is 0.0394. The van der Waals surface area contributed by atoms with Crippen molar-refractivity contribution in [1.29, 1.82) is 0 Å². The lowest BCUT2D eigenvalue weighted by Crippen LogP contribution is -2.49. The number of amides is 2. The molecule has 2 aliphatic heterocycles. The van der Waals surface area contributed by atoms with Gasteiger partial charge in [0.15, 0.2) is 0 Å². The molecule has 1 atom stereocenters. The summed E-state index contributed by atoms with van der Waals surface area (Å²) in [5, 5.41) is 6.36. The number of hydrogen-bond acceptors (Lipinski definition) is 3. The standard InChI is InChI=1S/C22H33N3O2/c26-22(24-20-12-15-27-21-9-5-4-8-19(20)21)23-18-10-13-25(14-11-18)16-17-6-2-1-3-7-17/h4-5,8-9,17-18,20H,1-3,6-7,10-16H2,(H2,23,24,26)/t20-/m0/s1. The molecule has 1 saturated heterocycles. The molecular weight excluding hydrogens is 338 g/mol. The highest BCUT2D eigenvalue weighted by Crippen LogP contribution is 2.31. The maximum atomic E-state index is 12.5. The van der Waals surface area contributed by atoms with Gasteiger partial charge in [0.1, 0.15) is 5.75 Å². The third-order valence-corrected chi connectivity index (χ3v) is 6.43. The van der Waals surface area contributed by atoms with Gasteiger partial charge in [-0.05, 0) is 37.7 Å². The van der Waals surface area contributed by atoms with Crippen molar-refractivity contribution in [3.05, 3.63) is 29.8 Å². The number of nitrogens with zero attached hydrogens (tertiary/aromatic N) is 1. The van der Waals surface area contributed by atoms with Gasteiger partial charge in [0.05, 0.1) is 12.6 Å². The van der Waals surface area contributed by atoms with Crippen molar-refractivity contribution in [3.63, 3.8) is 0 Å². The smallest absolute Gasteiger partial charge is 0.315 e. The van der Waals surface area contributed by atoms with Gasteiger partial charge in [0.25, 0.3) is 0 Å². The summed E-state index contributed by atoms with van der Waals surface area (Å²) in [4.78, 5) is 15.1. The Morgan fingerprint density at radius 1 is 1.00 bits per heavy atom. The van der Waals surface area contributed by atoms with Gasteiger partial charge in [0, 0.05) is 37.7 Å². The monoisotopic (exact) mass is 371 g/mol. The van der Waals surface area contributed by atoms with E-state index < -0.39 is 0 Å². The highest BCUT2D eigenvalue weighted by atomic mass is 16.5. The van der Waals surface area contributed by atoms with Crippen molar-refractivity contribution in [2.24, 2.45) is 5.92 Å². The Morgan fingerprint density at radius 2 is 1.78 bits per heavy atom. The number of hydrogen-bond donors (Lipinski definition) is 2. The quantitative estimate of drug-likeness (QED) is 0.845. The number of carbonyl (C=O) groups is 1. The van der Waals surface area contributed by atoms with Crippen LogP contribution in [0.1, 0.15) is 63.0 Å². The van der Waals surface area contributed by atoms with Crippen LogP contribution in [-0.4, -0.2) is 43.2 Å². The number of rotatable bonds is 4. The maximum Gasteiger partial charge on any atom is 0.315 e. The van der Waals surface area contributed by atoms with E-state index in [1.807, 2.05) is 24.3 Å². The normalized spacial score (nSPS) is 24.7. The van der Waals surface area contributed by atoms with Crippen LogP contribution in [0.4, 0.5) is 4.79 Å². The Labute approximate surface area is 162 Å². The van der Waals surface area contributed by atoms with E-state index in [9.17, 15) is 4.79 Å². The van der Waals surface area contributed by atoms with E-state index in [4.69, 9.17) is 4.74 Å². The van der Waals surface area contributed by atoms with E-state index in [2.05, 4.69) is 15.5 Å². The fourth-order valence-corrected chi connectivity index (χ4v) is 4.87. The molecule has 0 aromatic heterocycles. The van der Waals surface area contributed by atoms with Crippen molar-refractivity contribution >= 4 is 6.03 Å². The molecule has 1 aromatic rings. The zero-order chi connectivity index (χ0) is 18.5. The number of likely N-dealkylation sites (tertiary alicyclic amines) is 1. The Morgan fingerprint density at radius 3 is 2.59 bits per heavy atom. The van der Waals surface area contributed by atoms with Crippen molar-refractivity contribution in [2.75, 3.05) is 26.2 Å². The SMILES string of the molecule is O=C(NC1CCN(CC2CCCCC2)CC1)N[C@H]1CCOc2ccccc21. The van der Waals surface area contributed by atoms with Crippen molar-refractivity contribution < 1.29 is 9.53 Å². The summed E-state index contributed by atoms with van der Waals surface area (Å²) in [6, 6.07) is 8.29. The van der Waals surface area contributed by atoms with E-state index in [1.54, 1.807) is 0 Å². The molecule has 2 amide bonds. The van der Waals surface area contributed by atoms with Crippen LogP contribution >= 0.6 is 0 Å². The Balaban J connectivity index is 1.21. The first-order valence-corrected chi connectivity index (χ1v) is 10.8. The predicted octanol–water partition coefficient (Wildman–Crippen LogP) is 3.85. The summed E-state index contributed by atoms with van der Waals surface area (Å²) in [5.41, 5.74) is 1.08. The van der Waals surface area contributed by atoms with Crippen LogP contribution < -0.4 is 15.4 Å². The summed E-state index contributed by atoms with van der Waals surface area (Å²) < 4.78 is 5.68. The van der Waals surface area contributed by atoms with Crippen molar-refractivity contribution in [2.45, 2.75) is 63.5 Å². The largest absolute Gasteiger partial charge is 0.493 e. The summed E-state index contributed by atoms with van der Waals surface area (Å²) >= 11 is 0. The summed E-state index contributed by atoms with van der Waals surface area (Å²) in [6.45, 7) is 4.14. The van der Waals surface area contributed by atoms with Gasteiger partial charge in [-0.25, -0.2) is 4.79 Å². The number of para-hydroxylation sites is 1. The highest BCUT2D eigenvalue weighted by molar-refractivity contribution is 5.75. The number of carbonyl (C=O) groups excluding carboxylic acids is 1. The lowest BCUT2D eigenvalue weighted by Gasteiger charge is -2.36. The van der Waals surface area contributed by atoms with Gasteiger partial charge in [-0.1, -0.05) is 37.5 Å². The van der Waals surface area contributed by atoms with E-state index in [0.29, 0.717) is 12.6 Å². The molecule has 2 N–H and O–H groups in total. The third kappa shape index (κ3) is 4.95. The molecular formula is C22H33N3O2. The highest BCUT2D eigenvalue weighted by Gasteiger charge is 2.26. The van der Waals surface area contributed by atoms with Crippen LogP contribution in [0, 0.1) is 5.92 Å². The molecule has 1 saturated carbocycles. The number of ether oxygens (including phenoxy) is 1. The molecule has 3 aliphatic rings. The molecule has 27 heavy (non-hydrogen) atoms. The molecule has 4 rings (SSSR count). The molecule has 148 valence electrons. The number of piperidine rings is 1. The van der Waals surface area contributed by atoms with Gasteiger partial charge in [-0.2, -0.15) is 0 Å². The number of benzene rings is 1. The van der Waals surface area contributed by atoms with Gasteiger partial charge in [-0.15, -0.1) is 0 Å². The summed E-state index contributed by atoms with van der Waals surface area (Å²) in [6.07, 6.45) is 10.0. The molecule has 2 fully saturated rings. The molecule has 0 bridgehead atoms. The van der Waals surface area contributed by atoms with E-state index in [-0.39, 0.29) is 12.1 Å². The van der Waals surface area contributed by atoms with Crippen LogP contribution in [0.2, 0.25) is 0 Å². The molecule has 5 nitrogen and oxygen atoms in total. The minimum Gasteiger partial charge on any atom is -0.493 e. The molecule has 2 heterocycles. The van der Waals surface area contributed by atoms with Crippen LogP contribution in [0.25, 0.3) is 0 Å². The first kappa shape index (κ1) is 18.6. The molecule has 5 heteroatoms. The van der Waals surface area contributed by atoms with E-state index >= 15 is 0 Å². The van der Waals surface area contributed by atoms with Gasteiger partial charge in [0.2, 0.25) is 0 Å². The molecule has 1 aromatic carbocycles. The Bertz CT molecular complexity index is 622. The lowest BCUT2D eigenvalue weighted by molar-refractivity contribution is 0.155. The summed E-state index contributed by atoms with van der Waals surface area (Å²) in [5.74, 6) is 1.80. The first-order chi connectivity index (χ1) is 13.3. The lowest BCUT2D eigenvalue weighted by atomic mass is 9.88. The molecule has 1 aliphatic carbocycles. The fraction of sp³-hybridized carbons (Fsp3) is 0.682. The Hall–Kier alpha value is -1.75. The van der Waals surface area contributed by atoms with Crippen molar-refractivity contribution in [1.82, 2.24) is 15.5 Å². The molecule has 0 unspecified atom stereocenters. The average Bonchev–Trinajstić information content (AvgIpc) is 2.71. The van der Waals surface area contributed by atoms with Crippen molar-refractivity contribution in [3.8, 4) is 5.75 Å². The summed E-state index contributed by atoms with van der Waals surface area (Å²) in [7, 11) is 0. The number of nitrogens with one attached hydrogen (secondary N) is 2. The van der Waals surface area contributed by atoms with Gasteiger partial charge < -0.3 is 20.3 Å². The van der Waals surface area contributed by atoms with E-state index in [0.717, 1.165) is 49.6 Å². The zero-order valence-electron chi connectivity index (χ0n) is 16.3. The number of fused-ring (bicyclic) bond motifs is 1. The van der Waals surface area contributed by atoms with Crippen LogP contribution in [0.15, 0.2) is 24.3 Å². The van der Waals surface area contributed by atoms with Gasteiger partial charge in [-0.3, -0.25) is 0 Å². The van der Waals surface area contributed by atoms with Gasteiger partial charge >= 0.3 is 6.03 Å². The average molecular weight is 372 g/mol. The third-order valence-electron chi connectivity index (χ3n) is 6.43. The van der Waals surface area contributed by atoms with Crippen LogP contribution in [0.5, 0.6) is 5.75 Å². The van der Waals surface area contributed by atoms with Crippen LogP contribution in [0.3, 0.4) is 0 Å². The fourth-order valence-electron chi connectivity index (χ4n) is 4.87. The Kier molecular flexibility index (Phi) is 6.17. The number of urea groups is 1. The predicted molar refractivity (Wildman–Crippen MR) is 107 cm³/mol. The first-order valence-electron chi connectivity index (χ1n) is 10.8. The second-order valence-electron chi connectivity index (χ2n) is 8.42. The van der Waals surface area contributed by atoms with E-state index in [1.165, 1.54) is 38.6 Å². The topological polar surface area (TPSA) is 53.6 Å². The molecule has 0 radical (unpaired) electrons. The molecule has 0 spiro atoms. The maximum absolute atomic E-state index is 12.5.